The molecule has 0 N–H and O–H groups in total. The van der Waals surface area contributed by atoms with Gasteiger partial charge in [0.15, 0.2) is 0 Å². The van der Waals surface area contributed by atoms with Crippen LogP contribution in [0.3, 0.4) is 0 Å². The molecule has 0 bridgehead atoms. The Morgan fingerprint density at radius 3 is 1.44 bits per heavy atom. The minimum Gasteiger partial charge on any atom is -0.0755 e. The Kier molecular flexibility index (Phi) is 10.7. The largest absolute Gasteiger partial charge is 0.332 e. The maximum atomic E-state index is 9.59. The van der Waals surface area contributed by atoms with E-state index in [-0.39, 0.29) is 0 Å². The van der Waals surface area contributed by atoms with Gasteiger partial charge in [0.2, 0.25) is 0 Å². The molecule has 0 saturated heterocycles. The molecule has 0 amide bonds. The molecule has 0 aliphatic heterocycles. The van der Waals surface area contributed by atoms with Crippen LogP contribution in [0.1, 0.15) is 27.2 Å². The van der Waals surface area contributed by atoms with Gasteiger partial charge in [-0.25, -0.2) is 0 Å². The molecule has 1 nitrogen and oxygen atoms in total. The highest BCUT2D eigenvalue weighted by atomic mass is 31.1. The molecule has 0 atom stereocenters. The van der Waals surface area contributed by atoms with Crippen LogP contribution in [-0.4, -0.2) is 13.3 Å². The molecule has 0 fully saturated rings. The molecule has 0 radical (unpaired) electrons. The Labute approximate surface area is 59.6 Å². The van der Waals surface area contributed by atoms with Gasteiger partial charge in [-0.05, 0) is 5.92 Å². The zero-order chi connectivity index (χ0) is 7.86. The van der Waals surface area contributed by atoms with E-state index in [2.05, 4.69) is 20.8 Å². The first-order chi connectivity index (χ1) is 4.00. The summed E-state index contributed by atoms with van der Waals surface area (Å²) in [6, 6.07) is 0. The molecule has 2 heteroatoms. The molecule has 0 aromatic rings. The fourth-order valence-corrected chi connectivity index (χ4v) is 0. The zero-order valence-corrected chi connectivity index (χ0v) is 8.03. The van der Waals surface area contributed by atoms with Crippen molar-refractivity contribution in [3.05, 3.63) is 0 Å². The second kappa shape index (κ2) is 8.10. The van der Waals surface area contributed by atoms with Crippen molar-refractivity contribution in [2.75, 3.05) is 13.3 Å². The van der Waals surface area contributed by atoms with Gasteiger partial charge in [-0.1, -0.05) is 31.8 Å². The normalized spacial score (nSPS) is 8.22. The van der Waals surface area contributed by atoms with Crippen LogP contribution in [0.4, 0.5) is 0 Å². The second-order valence-electron chi connectivity index (χ2n) is 2.61. The Bertz CT molecular complexity index is 65.3. The summed E-state index contributed by atoms with van der Waals surface area (Å²) in [6.45, 7) is 10.00. The zero-order valence-electron chi connectivity index (χ0n) is 7.14. The highest BCUT2D eigenvalue weighted by molar-refractivity contribution is 7.42. The summed E-state index contributed by atoms with van der Waals surface area (Å²) in [7, 11) is -0.870. The molecule has 0 aliphatic carbocycles. The van der Waals surface area contributed by atoms with Crippen molar-refractivity contribution in [2.45, 2.75) is 27.2 Å². The van der Waals surface area contributed by atoms with Gasteiger partial charge in [0.1, 0.15) is 13.3 Å². The molecular formula is C7H18OP+. The van der Waals surface area contributed by atoms with Crippen LogP contribution >= 0.6 is 7.80 Å². The summed E-state index contributed by atoms with van der Waals surface area (Å²) in [4.78, 5) is 0. The third-order valence-corrected chi connectivity index (χ3v) is 0.816. The number of rotatable bonds is 1. The predicted molar refractivity (Wildman–Crippen MR) is 44.6 cm³/mol. The van der Waals surface area contributed by atoms with Gasteiger partial charge in [0.05, 0.1) is 0 Å². The van der Waals surface area contributed by atoms with E-state index >= 15 is 0 Å². The summed E-state index contributed by atoms with van der Waals surface area (Å²) < 4.78 is 9.59. The van der Waals surface area contributed by atoms with E-state index < -0.39 is 7.80 Å². The monoisotopic (exact) mass is 149 g/mol. The van der Waals surface area contributed by atoms with Crippen molar-refractivity contribution in [2.24, 2.45) is 5.92 Å². The lowest BCUT2D eigenvalue weighted by atomic mass is 10.2. The lowest BCUT2D eigenvalue weighted by Gasteiger charge is -1.90. The number of hydrogen-bond donors (Lipinski definition) is 0. The lowest BCUT2D eigenvalue weighted by molar-refractivity contribution is 0.594. The molecule has 0 rings (SSSR count). The SMILES string of the molecule is CCC(C)C.C[P+](C)=O. The fraction of sp³-hybridized carbons (Fsp3) is 1.00. The minimum atomic E-state index is -0.870. The van der Waals surface area contributed by atoms with Crippen molar-refractivity contribution in [3.8, 4) is 0 Å². The van der Waals surface area contributed by atoms with E-state index in [1.165, 1.54) is 6.42 Å². The third-order valence-electron chi connectivity index (χ3n) is 0.816. The van der Waals surface area contributed by atoms with Crippen LogP contribution in [0.5, 0.6) is 0 Å². The lowest BCUT2D eigenvalue weighted by Crippen LogP contribution is -1.77. The predicted octanol–water partition coefficient (Wildman–Crippen LogP) is 3.13. The summed E-state index contributed by atoms with van der Waals surface area (Å²) in [5.74, 6) is 0.884. The maximum Gasteiger partial charge on any atom is 0.332 e. The van der Waals surface area contributed by atoms with E-state index in [1.54, 1.807) is 13.3 Å². The molecule has 0 saturated carbocycles. The van der Waals surface area contributed by atoms with Crippen molar-refractivity contribution >= 4 is 7.80 Å². The van der Waals surface area contributed by atoms with Crippen LogP contribution in [-0.2, 0) is 4.57 Å². The van der Waals surface area contributed by atoms with Crippen LogP contribution < -0.4 is 0 Å². The molecule has 0 aliphatic rings. The van der Waals surface area contributed by atoms with Crippen LogP contribution in [0.2, 0.25) is 0 Å². The van der Waals surface area contributed by atoms with Crippen molar-refractivity contribution < 1.29 is 4.57 Å². The van der Waals surface area contributed by atoms with Crippen LogP contribution in [0, 0.1) is 5.92 Å². The Hall–Kier alpha value is 0.100. The van der Waals surface area contributed by atoms with Gasteiger partial charge in [-0.15, -0.1) is 0 Å². The smallest absolute Gasteiger partial charge is 0.0755 e. The van der Waals surface area contributed by atoms with Gasteiger partial charge in [-0.2, -0.15) is 0 Å². The molecule has 0 heterocycles. The van der Waals surface area contributed by atoms with E-state index in [4.69, 9.17) is 0 Å². The fourth-order valence-electron chi connectivity index (χ4n) is 0. The van der Waals surface area contributed by atoms with Crippen LogP contribution in [0.15, 0.2) is 0 Å². The highest BCUT2D eigenvalue weighted by Crippen LogP contribution is 2.00. The Morgan fingerprint density at radius 1 is 1.33 bits per heavy atom. The summed E-state index contributed by atoms with van der Waals surface area (Å²) in [5.41, 5.74) is 0. The highest BCUT2D eigenvalue weighted by Gasteiger charge is 1.80. The van der Waals surface area contributed by atoms with E-state index in [0.29, 0.717) is 0 Å². The average Bonchev–Trinajstić information content (AvgIpc) is 1.65. The standard InChI is InChI=1S/C5H12.C2H6OP/c1-4-5(2)3;1-4(2)3/h5H,4H2,1-3H3;1-2H3/q;+1. The molecule has 56 valence electrons. The van der Waals surface area contributed by atoms with Gasteiger partial charge >= 0.3 is 7.80 Å². The maximum absolute atomic E-state index is 9.59. The van der Waals surface area contributed by atoms with E-state index in [1.807, 2.05) is 0 Å². The van der Waals surface area contributed by atoms with Crippen molar-refractivity contribution in [1.82, 2.24) is 0 Å². The van der Waals surface area contributed by atoms with Crippen molar-refractivity contribution in [3.63, 3.8) is 0 Å². The molecule has 0 aromatic carbocycles. The Balaban J connectivity index is 0. The first kappa shape index (κ1) is 11.8. The van der Waals surface area contributed by atoms with Gasteiger partial charge in [0.25, 0.3) is 0 Å². The Morgan fingerprint density at radius 2 is 1.44 bits per heavy atom. The first-order valence-electron chi connectivity index (χ1n) is 3.35. The first-order valence-corrected chi connectivity index (χ1v) is 5.50. The summed E-state index contributed by atoms with van der Waals surface area (Å²) in [5, 5.41) is 0. The van der Waals surface area contributed by atoms with Crippen molar-refractivity contribution in [1.29, 1.82) is 0 Å². The number of hydrogen-bond acceptors (Lipinski definition) is 1. The van der Waals surface area contributed by atoms with E-state index in [0.717, 1.165) is 5.92 Å². The topological polar surface area (TPSA) is 17.1 Å². The molecule has 9 heavy (non-hydrogen) atoms. The van der Waals surface area contributed by atoms with Gasteiger partial charge < -0.3 is 0 Å². The molecule has 0 spiro atoms. The van der Waals surface area contributed by atoms with Gasteiger partial charge in [0, 0.05) is 0 Å². The molecule has 0 unspecified atom stereocenters. The molecule has 0 aromatic heterocycles. The average molecular weight is 149 g/mol. The minimum absolute atomic E-state index is 0.870. The van der Waals surface area contributed by atoms with Gasteiger partial charge in [-0.3, -0.25) is 0 Å². The van der Waals surface area contributed by atoms with Crippen LogP contribution in [0.25, 0.3) is 0 Å². The molecular weight excluding hydrogens is 131 g/mol. The quantitative estimate of drug-likeness (QED) is 0.523. The summed E-state index contributed by atoms with van der Waals surface area (Å²) >= 11 is 0. The summed E-state index contributed by atoms with van der Waals surface area (Å²) in [6.07, 6.45) is 1.31. The van der Waals surface area contributed by atoms with E-state index in [9.17, 15) is 4.57 Å². The third kappa shape index (κ3) is 68.3. The second-order valence-corrected chi connectivity index (χ2v) is 4.24.